The summed E-state index contributed by atoms with van der Waals surface area (Å²) in [5, 5.41) is 3.46. The Kier molecular flexibility index (Phi) is 6.16. The van der Waals surface area contributed by atoms with E-state index in [4.69, 9.17) is 4.74 Å². The van der Waals surface area contributed by atoms with Crippen LogP contribution in [0, 0.1) is 5.82 Å². The molecule has 0 aliphatic rings. The monoisotopic (exact) mass is 239 g/mol. The summed E-state index contributed by atoms with van der Waals surface area (Å²) in [7, 11) is 1.72. The smallest absolute Gasteiger partial charge is 0.123 e. The molecule has 2 atom stereocenters. The Morgan fingerprint density at radius 3 is 2.35 bits per heavy atom. The summed E-state index contributed by atoms with van der Waals surface area (Å²) in [4.78, 5) is 0. The molecule has 1 rings (SSSR count). The molecule has 0 radical (unpaired) electrons. The summed E-state index contributed by atoms with van der Waals surface area (Å²) >= 11 is 0. The second-order valence-electron chi connectivity index (χ2n) is 4.17. The van der Waals surface area contributed by atoms with Gasteiger partial charge in [0.05, 0.1) is 12.1 Å². The molecule has 1 aromatic carbocycles. The zero-order valence-corrected chi connectivity index (χ0v) is 10.9. The van der Waals surface area contributed by atoms with Crippen molar-refractivity contribution in [1.82, 2.24) is 5.32 Å². The number of benzene rings is 1. The molecule has 0 saturated heterocycles. The average molecular weight is 239 g/mol. The number of nitrogens with one attached hydrogen (secondary N) is 1. The lowest BCUT2D eigenvalue weighted by Crippen LogP contribution is -2.33. The van der Waals surface area contributed by atoms with E-state index in [9.17, 15) is 4.39 Å². The fraction of sp³-hybridized carbons (Fsp3) is 0.571. The van der Waals surface area contributed by atoms with E-state index in [0.29, 0.717) is 0 Å². The molecule has 0 amide bonds. The number of halogens is 1. The highest BCUT2D eigenvalue weighted by molar-refractivity contribution is 5.21. The number of hydrogen-bond acceptors (Lipinski definition) is 2. The van der Waals surface area contributed by atoms with E-state index >= 15 is 0 Å². The summed E-state index contributed by atoms with van der Waals surface area (Å²) in [5.41, 5.74) is 1.08. The van der Waals surface area contributed by atoms with Crippen LogP contribution >= 0.6 is 0 Å². The second kappa shape index (κ2) is 7.41. The standard InChI is InChI=1S/C14H22FNO/c1-4-10-16-14(13(5-2)17-3)11-6-8-12(15)9-7-11/h6-9,13-14,16H,4-5,10H2,1-3H3. The van der Waals surface area contributed by atoms with Crippen molar-refractivity contribution in [3.8, 4) is 0 Å². The number of hydrogen-bond donors (Lipinski definition) is 1. The molecule has 0 saturated carbocycles. The molecule has 2 nitrogen and oxygen atoms in total. The minimum Gasteiger partial charge on any atom is -0.379 e. The second-order valence-corrected chi connectivity index (χ2v) is 4.17. The van der Waals surface area contributed by atoms with Crippen molar-refractivity contribution in [1.29, 1.82) is 0 Å². The maximum atomic E-state index is 12.9. The molecule has 0 fully saturated rings. The fourth-order valence-electron chi connectivity index (χ4n) is 1.97. The van der Waals surface area contributed by atoms with Crippen LogP contribution in [0.3, 0.4) is 0 Å². The molecule has 0 aliphatic heterocycles. The molecule has 0 aliphatic carbocycles. The van der Waals surface area contributed by atoms with Crippen LogP contribution < -0.4 is 5.32 Å². The molecule has 96 valence electrons. The normalized spacial score (nSPS) is 14.6. The molecule has 2 unspecified atom stereocenters. The SMILES string of the molecule is CCCNC(c1ccc(F)cc1)C(CC)OC. The van der Waals surface area contributed by atoms with Gasteiger partial charge in [-0.05, 0) is 37.1 Å². The van der Waals surface area contributed by atoms with Gasteiger partial charge in [-0.2, -0.15) is 0 Å². The van der Waals surface area contributed by atoms with Crippen LogP contribution in [0.5, 0.6) is 0 Å². The van der Waals surface area contributed by atoms with Crippen molar-refractivity contribution in [3.05, 3.63) is 35.6 Å². The molecule has 1 N–H and O–H groups in total. The average Bonchev–Trinajstić information content (AvgIpc) is 2.36. The molecule has 0 aromatic heterocycles. The molecular formula is C14H22FNO. The van der Waals surface area contributed by atoms with Crippen LogP contribution in [0.15, 0.2) is 24.3 Å². The first-order valence-electron chi connectivity index (χ1n) is 6.24. The van der Waals surface area contributed by atoms with Crippen molar-refractivity contribution in [2.75, 3.05) is 13.7 Å². The minimum atomic E-state index is -0.201. The van der Waals surface area contributed by atoms with E-state index in [1.165, 1.54) is 12.1 Å². The van der Waals surface area contributed by atoms with Gasteiger partial charge in [0.15, 0.2) is 0 Å². The maximum Gasteiger partial charge on any atom is 0.123 e. The minimum absolute atomic E-state index is 0.118. The molecule has 1 aromatic rings. The van der Waals surface area contributed by atoms with Gasteiger partial charge in [-0.1, -0.05) is 26.0 Å². The molecular weight excluding hydrogens is 217 g/mol. The fourth-order valence-corrected chi connectivity index (χ4v) is 1.97. The summed E-state index contributed by atoms with van der Waals surface area (Å²) in [6.07, 6.45) is 2.11. The third-order valence-corrected chi connectivity index (χ3v) is 2.92. The van der Waals surface area contributed by atoms with Crippen LogP contribution in [0.2, 0.25) is 0 Å². The highest BCUT2D eigenvalue weighted by Gasteiger charge is 2.20. The quantitative estimate of drug-likeness (QED) is 0.788. The predicted octanol–water partition coefficient (Wildman–Crippen LogP) is 3.29. The topological polar surface area (TPSA) is 21.3 Å². The van der Waals surface area contributed by atoms with Gasteiger partial charge in [0.2, 0.25) is 0 Å². The first kappa shape index (κ1) is 14.1. The van der Waals surface area contributed by atoms with Crippen LogP contribution in [0.1, 0.15) is 38.3 Å². The van der Waals surface area contributed by atoms with E-state index in [-0.39, 0.29) is 18.0 Å². The van der Waals surface area contributed by atoms with Crippen LogP contribution in [-0.4, -0.2) is 19.8 Å². The van der Waals surface area contributed by atoms with Crippen LogP contribution in [-0.2, 0) is 4.74 Å². The van der Waals surface area contributed by atoms with Crippen molar-refractivity contribution in [3.63, 3.8) is 0 Å². The zero-order chi connectivity index (χ0) is 12.7. The van der Waals surface area contributed by atoms with E-state index in [1.807, 2.05) is 12.1 Å². The summed E-state index contributed by atoms with van der Waals surface area (Å²) in [5.74, 6) is -0.201. The Balaban J connectivity index is 2.84. The van der Waals surface area contributed by atoms with Gasteiger partial charge in [0.25, 0.3) is 0 Å². The Morgan fingerprint density at radius 2 is 1.88 bits per heavy atom. The largest absolute Gasteiger partial charge is 0.379 e. The third-order valence-electron chi connectivity index (χ3n) is 2.92. The lowest BCUT2D eigenvalue weighted by atomic mass is 9.99. The lowest BCUT2D eigenvalue weighted by Gasteiger charge is -2.26. The third kappa shape index (κ3) is 4.10. The molecule has 17 heavy (non-hydrogen) atoms. The highest BCUT2D eigenvalue weighted by Crippen LogP contribution is 2.21. The summed E-state index contributed by atoms with van der Waals surface area (Å²) in [6, 6.07) is 6.77. The van der Waals surface area contributed by atoms with Gasteiger partial charge in [-0.25, -0.2) is 4.39 Å². The van der Waals surface area contributed by atoms with Gasteiger partial charge in [-0.3, -0.25) is 0 Å². The van der Waals surface area contributed by atoms with E-state index in [1.54, 1.807) is 7.11 Å². The van der Waals surface area contributed by atoms with Gasteiger partial charge in [0.1, 0.15) is 5.82 Å². The zero-order valence-electron chi connectivity index (χ0n) is 10.9. The summed E-state index contributed by atoms with van der Waals surface area (Å²) in [6.45, 7) is 5.16. The van der Waals surface area contributed by atoms with Crippen molar-refractivity contribution < 1.29 is 9.13 Å². The Bertz CT molecular complexity index is 309. The Hall–Kier alpha value is -0.930. The first-order valence-corrected chi connectivity index (χ1v) is 6.24. The van der Waals surface area contributed by atoms with Gasteiger partial charge >= 0.3 is 0 Å². The maximum absolute atomic E-state index is 12.9. The molecule has 0 bridgehead atoms. The first-order chi connectivity index (χ1) is 8.22. The highest BCUT2D eigenvalue weighted by atomic mass is 19.1. The van der Waals surface area contributed by atoms with Crippen molar-refractivity contribution in [2.45, 2.75) is 38.8 Å². The predicted molar refractivity (Wildman–Crippen MR) is 68.5 cm³/mol. The molecule has 0 heterocycles. The Labute approximate surface area is 103 Å². The van der Waals surface area contributed by atoms with Crippen molar-refractivity contribution >= 4 is 0 Å². The molecule has 0 spiro atoms. The summed E-state index contributed by atoms with van der Waals surface area (Å²) < 4.78 is 18.4. The van der Waals surface area contributed by atoms with Crippen molar-refractivity contribution in [2.24, 2.45) is 0 Å². The molecule has 3 heteroatoms. The number of methoxy groups -OCH3 is 1. The van der Waals surface area contributed by atoms with E-state index in [0.717, 1.165) is 24.9 Å². The van der Waals surface area contributed by atoms with Gasteiger partial charge in [0, 0.05) is 7.11 Å². The van der Waals surface area contributed by atoms with E-state index < -0.39 is 0 Å². The number of ether oxygens (including phenoxy) is 1. The lowest BCUT2D eigenvalue weighted by molar-refractivity contribution is 0.0650. The van der Waals surface area contributed by atoms with E-state index in [2.05, 4.69) is 19.2 Å². The van der Waals surface area contributed by atoms with Gasteiger partial charge < -0.3 is 10.1 Å². The number of rotatable bonds is 7. The van der Waals surface area contributed by atoms with Crippen LogP contribution in [0.25, 0.3) is 0 Å². The van der Waals surface area contributed by atoms with Gasteiger partial charge in [-0.15, -0.1) is 0 Å². The Morgan fingerprint density at radius 1 is 1.24 bits per heavy atom. The van der Waals surface area contributed by atoms with Crippen LogP contribution in [0.4, 0.5) is 4.39 Å².